The standard InChI is InChI=1S/C8H11ClN2O/c1-5(2)12-8-10-4-6(3)7(9)11-8/h4-5H,1-3H3/i3D3. The molecule has 0 unspecified atom stereocenters. The summed E-state index contributed by atoms with van der Waals surface area (Å²) in [6.45, 7) is 1.33. The average Bonchev–Trinajstić information content (AvgIpc) is 1.99. The molecule has 0 saturated heterocycles. The van der Waals surface area contributed by atoms with Crippen molar-refractivity contribution in [3.63, 3.8) is 0 Å². The highest BCUT2D eigenvalue weighted by Gasteiger charge is 2.03. The Morgan fingerprint density at radius 2 is 2.42 bits per heavy atom. The lowest BCUT2D eigenvalue weighted by atomic mass is 10.4. The summed E-state index contributed by atoms with van der Waals surface area (Å²) >= 11 is 5.71. The Balaban J connectivity index is 2.99. The van der Waals surface area contributed by atoms with Gasteiger partial charge < -0.3 is 4.74 Å². The highest BCUT2D eigenvalue weighted by molar-refractivity contribution is 6.30. The molecule has 0 atom stereocenters. The summed E-state index contributed by atoms with van der Waals surface area (Å²) in [4.78, 5) is 7.52. The maximum Gasteiger partial charge on any atom is 0.318 e. The zero-order chi connectivity index (χ0) is 11.6. The molecular formula is C8H11ClN2O. The lowest BCUT2D eigenvalue weighted by Crippen LogP contribution is -2.08. The lowest BCUT2D eigenvalue weighted by molar-refractivity contribution is 0.222. The second kappa shape index (κ2) is 3.72. The van der Waals surface area contributed by atoms with Gasteiger partial charge in [-0.05, 0) is 20.7 Å². The molecule has 0 fully saturated rings. The molecule has 1 aromatic heterocycles. The van der Waals surface area contributed by atoms with Crippen molar-refractivity contribution in [1.82, 2.24) is 9.97 Å². The van der Waals surface area contributed by atoms with E-state index in [4.69, 9.17) is 20.5 Å². The first-order valence-corrected chi connectivity index (χ1v) is 3.88. The highest BCUT2D eigenvalue weighted by atomic mass is 35.5. The van der Waals surface area contributed by atoms with Crippen molar-refractivity contribution in [2.75, 3.05) is 0 Å². The summed E-state index contributed by atoms with van der Waals surface area (Å²) in [6.07, 6.45) is 1.08. The van der Waals surface area contributed by atoms with Gasteiger partial charge in [-0.15, -0.1) is 0 Å². The van der Waals surface area contributed by atoms with Crippen LogP contribution in [0.25, 0.3) is 0 Å². The zero-order valence-corrected chi connectivity index (χ0v) is 7.59. The van der Waals surface area contributed by atoms with E-state index in [2.05, 4.69) is 9.97 Å². The van der Waals surface area contributed by atoms with Crippen LogP contribution in [-0.2, 0) is 0 Å². The molecule has 0 aliphatic heterocycles. The number of aromatic nitrogens is 2. The van der Waals surface area contributed by atoms with Crippen LogP contribution in [0, 0.1) is 6.85 Å². The van der Waals surface area contributed by atoms with Crippen LogP contribution in [-0.4, -0.2) is 16.1 Å². The summed E-state index contributed by atoms with van der Waals surface area (Å²) in [5.74, 6) is 0. The predicted molar refractivity (Wildman–Crippen MR) is 47.5 cm³/mol. The number of aryl methyl sites for hydroxylation is 1. The van der Waals surface area contributed by atoms with Gasteiger partial charge in [0.2, 0.25) is 0 Å². The van der Waals surface area contributed by atoms with Gasteiger partial charge in [0, 0.05) is 15.9 Å². The van der Waals surface area contributed by atoms with E-state index in [9.17, 15) is 0 Å². The predicted octanol–water partition coefficient (Wildman–Crippen LogP) is 2.23. The first kappa shape index (κ1) is 5.75. The van der Waals surface area contributed by atoms with Crippen molar-refractivity contribution in [1.29, 1.82) is 0 Å². The maximum atomic E-state index is 7.15. The number of halogens is 1. The van der Waals surface area contributed by atoms with Gasteiger partial charge in [0.05, 0.1) is 6.10 Å². The zero-order valence-electron chi connectivity index (χ0n) is 9.84. The van der Waals surface area contributed by atoms with Gasteiger partial charge in [0.15, 0.2) is 0 Å². The van der Waals surface area contributed by atoms with Crippen LogP contribution in [0.1, 0.15) is 23.5 Å². The molecule has 3 nitrogen and oxygen atoms in total. The minimum Gasteiger partial charge on any atom is -0.461 e. The molecule has 0 spiro atoms. The summed E-state index contributed by atoms with van der Waals surface area (Å²) in [5, 5.41) is -0.0966. The van der Waals surface area contributed by atoms with Gasteiger partial charge in [-0.2, -0.15) is 4.98 Å². The van der Waals surface area contributed by atoms with Crippen molar-refractivity contribution in [2.24, 2.45) is 0 Å². The Hall–Kier alpha value is -0.830. The van der Waals surface area contributed by atoms with Crippen LogP contribution in [0.3, 0.4) is 0 Å². The Labute approximate surface area is 81.0 Å². The Morgan fingerprint density at radius 3 is 2.92 bits per heavy atom. The fraction of sp³-hybridized carbons (Fsp3) is 0.500. The second-order valence-electron chi connectivity index (χ2n) is 2.52. The summed E-state index contributed by atoms with van der Waals surface area (Å²) in [5.41, 5.74) is -0.0692. The molecule has 0 aliphatic rings. The normalized spacial score (nSPS) is 15.2. The highest BCUT2D eigenvalue weighted by Crippen LogP contribution is 2.14. The van der Waals surface area contributed by atoms with Gasteiger partial charge in [-0.1, -0.05) is 11.6 Å². The van der Waals surface area contributed by atoms with E-state index in [1.54, 1.807) is 0 Å². The fourth-order valence-corrected chi connectivity index (χ4v) is 0.735. The van der Waals surface area contributed by atoms with Crippen molar-refractivity contribution >= 4 is 11.6 Å². The van der Waals surface area contributed by atoms with E-state index in [0.29, 0.717) is 0 Å². The Bertz CT molecular complexity index is 354. The van der Waals surface area contributed by atoms with Crippen molar-refractivity contribution in [3.05, 3.63) is 16.9 Å². The number of nitrogens with zero attached hydrogens (tertiary/aromatic N) is 2. The van der Waals surface area contributed by atoms with Gasteiger partial charge in [0.1, 0.15) is 5.15 Å². The molecule has 1 heterocycles. The Kier molecular flexibility index (Phi) is 1.78. The number of rotatable bonds is 2. The third kappa shape index (κ3) is 2.34. The SMILES string of the molecule is [2H]C([2H])([2H])c1cnc(OC(C)C)nc1Cl. The van der Waals surface area contributed by atoms with Gasteiger partial charge in [-0.3, -0.25) is 0 Å². The van der Waals surface area contributed by atoms with Crippen LogP contribution >= 0.6 is 11.6 Å². The van der Waals surface area contributed by atoms with E-state index >= 15 is 0 Å². The molecule has 1 aromatic rings. The molecule has 0 N–H and O–H groups in total. The molecule has 0 aromatic carbocycles. The van der Waals surface area contributed by atoms with Crippen LogP contribution in [0.4, 0.5) is 0 Å². The van der Waals surface area contributed by atoms with Crippen LogP contribution in [0.5, 0.6) is 6.01 Å². The molecule has 0 amide bonds. The number of hydrogen-bond acceptors (Lipinski definition) is 3. The van der Waals surface area contributed by atoms with Crippen molar-refractivity contribution in [2.45, 2.75) is 26.8 Å². The minimum atomic E-state index is -2.30. The third-order valence-corrected chi connectivity index (χ3v) is 1.35. The maximum absolute atomic E-state index is 7.15. The molecule has 12 heavy (non-hydrogen) atoms. The van der Waals surface area contributed by atoms with Crippen LogP contribution in [0.15, 0.2) is 6.20 Å². The van der Waals surface area contributed by atoms with Gasteiger partial charge in [-0.25, -0.2) is 4.98 Å². The van der Waals surface area contributed by atoms with Crippen LogP contribution < -0.4 is 4.74 Å². The first-order valence-electron chi connectivity index (χ1n) is 5.00. The topological polar surface area (TPSA) is 35.0 Å². The second-order valence-corrected chi connectivity index (χ2v) is 2.88. The van der Waals surface area contributed by atoms with Crippen LogP contribution in [0.2, 0.25) is 5.15 Å². The smallest absolute Gasteiger partial charge is 0.318 e. The van der Waals surface area contributed by atoms with E-state index < -0.39 is 6.85 Å². The molecule has 4 heteroatoms. The van der Waals surface area contributed by atoms with E-state index in [1.165, 1.54) is 6.20 Å². The third-order valence-electron chi connectivity index (χ3n) is 1.06. The first-order chi connectivity index (χ1) is 6.80. The Morgan fingerprint density at radius 1 is 1.67 bits per heavy atom. The van der Waals surface area contributed by atoms with Gasteiger partial charge in [0.25, 0.3) is 0 Å². The molecule has 1 rings (SSSR count). The quantitative estimate of drug-likeness (QED) is 0.670. The van der Waals surface area contributed by atoms with Crippen molar-refractivity contribution in [3.8, 4) is 6.01 Å². The number of hydrogen-bond donors (Lipinski definition) is 0. The van der Waals surface area contributed by atoms with Gasteiger partial charge >= 0.3 is 6.01 Å². The molecular weight excluding hydrogens is 176 g/mol. The molecule has 0 radical (unpaired) electrons. The number of ether oxygens (including phenoxy) is 1. The minimum absolute atomic E-state index is 0.0692. The van der Waals surface area contributed by atoms with Crippen molar-refractivity contribution < 1.29 is 8.85 Å². The molecule has 0 aliphatic carbocycles. The molecule has 66 valence electrons. The summed E-state index contributed by atoms with van der Waals surface area (Å²) < 4.78 is 26.6. The summed E-state index contributed by atoms with van der Waals surface area (Å²) in [6, 6.07) is 0.0861. The van der Waals surface area contributed by atoms with E-state index in [0.717, 1.165) is 0 Å². The molecule has 0 bridgehead atoms. The largest absolute Gasteiger partial charge is 0.461 e. The monoisotopic (exact) mass is 189 g/mol. The van der Waals surface area contributed by atoms with E-state index in [1.807, 2.05) is 13.8 Å². The fourth-order valence-electron chi connectivity index (χ4n) is 0.614. The van der Waals surface area contributed by atoms with E-state index in [-0.39, 0.29) is 22.8 Å². The average molecular weight is 190 g/mol. The lowest BCUT2D eigenvalue weighted by Gasteiger charge is -2.07. The molecule has 0 saturated carbocycles. The summed E-state index contributed by atoms with van der Waals surface area (Å²) in [7, 11) is 0.